The Balaban J connectivity index is 1.51. The van der Waals surface area contributed by atoms with Gasteiger partial charge in [0.15, 0.2) is 5.82 Å². The molecule has 27 heavy (non-hydrogen) atoms. The minimum atomic E-state index is -0.280. The van der Waals surface area contributed by atoms with Gasteiger partial charge < -0.3 is 8.94 Å². The number of aryl methyl sites for hydroxylation is 1. The van der Waals surface area contributed by atoms with Gasteiger partial charge in [0.2, 0.25) is 5.58 Å². The van der Waals surface area contributed by atoms with E-state index in [-0.39, 0.29) is 17.7 Å². The topological polar surface area (TPSA) is 87.0 Å². The summed E-state index contributed by atoms with van der Waals surface area (Å²) in [6, 6.07) is 15.2. The van der Waals surface area contributed by atoms with Gasteiger partial charge in [-0.15, -0.1) is 0 Å². The smallest absolute Gasteiger partial charge is 0.297 e. The Labute approximate surface area is 152 Å². The van der Waals surface area contributed by atoms with Crippen LogP contribution in [0.2, 0.25) is 0 Å². The molecule has 0 aliphatic heterocycles. The van der Waals surface area contributed by atoms with Crippen molar-refractivity contribution in [3.05, 3.63) is 76.6 Å². The van der Waals surface area contributed by atoms with Crippen LogP contribution in [0.25, 0.3) is 33.5 Å². The molecular weight excluding hydrogens is 344 g/mol. The van der Waals surface area contributed by atoms with E-state index in [9.17, 15) is 4.79 Å². The summed E-state index contributed by atoms with van der Waals surface area (Å²) in [5.41, 5.74) is 3.11. The lowest BCUT2D eigenvalue weighted by Gasteiger charge is -2.00. The van der Waals surface area contributed by atoms with Crippen LogP contribution in [0.15, 0.2) is 68.6 Å². The molecule has 0 saturated heterocycles. The number of hydrogen-bond acceptors (Lipinski definition) is 6. The highest BCUT2D eigenvalue weighted by atomic mass is 16.5. The van der Waals surface area contributed by atoms with Gasteiger partial charge in [0.25, 0.3) is 11.4 Å². The number of aromatic nitrogens is 4. The Morgan fingerprint density at radius 3 is 2.74 bits per heavy atom. The number of hydrogen-bond donors (Lipinski definition) is 0. The van der Waals surface area contributed by atoms with Crippen molar-refractivity contribution in [1.29, 1.82) is 0 Å². The first-order chi connectivity index (χ1) is 13.2. The van der Waals surface area contributed by atoms with E-state index in [1.54, 1.807) is 0 Å². The summed E-state index contributed by atoms with van der Waals surface area (Å²) in [5, 5.41) is 4.79. The molecule has 0 aliphatic rings. The van der Waals surface area contributed by atoms with Crippen molar-refractivity contribution in [2.45, 2.75) is 13.5 Å². The molecule has 7 heteroatoms. The second kappa shape index (κ2) is 5.91. The van der Waals surface area contributed by atoms with E-state index in [1.165, 1.54) is 10.9 Å². The quantitative estimate of drug-likeness (QED) is 0.490. The van der Waals surface area contributed by atoms with Crippen molar-refractivity contribution in [3.63, 3.8) is 0 Å². The van der Waals surface area contributed by atoms with Gasteiger partial charge in [-0.2, -0.15) is 4.98 Å². The fraction of sp³-hybridized carbons (Fsp3) is 0.100. The molecule has 0 radical (unpaired) electrons. The number of furan rings is 1. The van der Waals surface area contributed by atoms with Crippen LogP contribution in [0.1, 0.15) is 11.4 Å². The number of benzene rings is 2. The van der Waals surface area contributed by atoms with Gasteiger partial charge in [0, 0.05) is 10.9 Å². The molecule has 0 N–H and O–H groups in total. The Morgan fingerprint density at radius 2 is 1.89 bits per heavy atom. The molecule has 132 valence electrons. The van der Waals surface area contributed by atoms with Crippen LogP contribution in [-0.4, -0.2) is 19.7 Å². The van der Waals surface area contributed by atoms with Crippen LogP contribution >= 0.6 is 0 Å². The third-order valence-electron chi connectivity index (χ3n) is 4.43. The first-order valence-electron chi connectivity index (χ1n) is 8.45. The summed E-state index contributed by atoms with van der Waals surface area (Å²) < 4.78 is 12.4. The van der Waals surface area contributed by atoms with Crippen LogP contribution in [0, 0.1) is 6.92 Å². The zero-order chi connectivity index (χ0) is 18.4. The lowest BCUT2D eigenvalue weighted by Crippen LogP contribution is -2.21. The summed E-state index contributed by atoms with van der Waals surface area (Å²) in [6.07, 6.45) is 1.48. The maximum absolute atomic E-state index is 12.8. The lowest BCUT2D eigenvalue weighted by molar-refractivity contribution is 0.420. The zero-order valence-corrected chi connectivity index (χ0v) is 14.4. The highest BCUT2D eigenvalue weighted by molar-refractivity contribution is 6.01. The van der Waals surface area contributed by atoms with E-state index < -0.39 is 0 Å². The fourth-order valence-corrected chi connectivity index (χ4v) is 3.01. The van der Waals surface area contributed by atoms with Crippen LogP contribution in [0.3, 0.4) is 0 Å². The molecule has 0 fully saturated rings. The standard InChI is InChI=1S/C20H14N4O3/c1-12-6-8-13(9-7-12)19-22-16(23-27-19)10-24-11-21-17-14-4-2-3-5-15(14)26-18(17)20(24)25/h2-9,11H,10H2,1H3. The van der Waals surface area contributed by atoms with Crippen LogP contribution < -0.4 is 5.56 Å². The molecule has 5 aromatic rings. The summed E-state index contributed by atoms with van der Waals surface area (Å²) >= 11 is 0. The molecule has 0 saturated carbocycles. The first-order valence-corrected chi connectivity index (χ1v) is 8.45. The molecule has 0 aliphatic carbocycles. The van der Waals surface area contributed by atoms with Crippen LogP contribution in [0.4, 0.5) is 0 Å². The van der Waals surface area contributed by atoms with Crippen LogP contribution in [0.5, 0.6) is 0 Å². The third kappa shape index (κ3) is 2.60. The summed E-state index contributed by atoms with van der Waals surface area (Å²) in [7, 11) is 0. The molecule has 0 spiro atoms. The minimum absolute atomic E-state index is 0.147. The van der Waals surface area contributed by atoms with Gasteiger partial charge in [-0.3, -0.25) is 9.36 Å². The molecule has 0 atom stereocenters. The van der Waals surface area contributed by atoms with Gasteiger partial charge >= 0.3 is 0 Å². The Bertz CT molecular complexity index is 1330. The van der Waals surface area contributed by atoms with E-state index >= 15 is 0 Å². The number of nitrogens with zero attached hydrogens (tertiary/aromatic N) is 4. The molecule has 0 bridgehead atoms. The molecule has 5 rings (SSSR count). The maximum Gasteiger partial charge on any atom is 0.297 e. The average Bonchev–Trinajstić information content (AvgIpc) is 3.30. The molecule has 0 amide bonds. The molecule has 2 aromatic carbocycles. The zero-order valence-electron chi connectivity index (χ0n) is 14.4. The number of fused-ring (bicyclic) bond motifs is 3. The predicted octanol–water partition coefficient (Wildman–Crippen LogP) is 3.55. The number of para-hydroxylation sites is 1. The molecule has 3 heterocycles. The average molecular weight is 358 g/mol. The van der Waals surface area contributed by atoms with E-state index in [0.29, 0.717) is 22.8 Å². The molecular formula is C20H14N4O3. The van der Waals surface area contributed by atoms with Gasteiger partial charge in [0.1, 0.15) is 11.1 Å². The molecule has 3 aromatic heterocycles. The highest BCUT2D eigenvalue weighted by Gasteiger charge is 2.15. The lowest BCUT2D eigenvalue weighted by atomic mass is 10.1. The number of rotatable bonds is 3. The van der Waals surface area contributed by atoms with Crippen molar-refractivity contribution in [3.8, 4) is 11.5 Å². The second-order valence-electron chi connectivity index (χ2n) is 6.34. The minimum Gasteiger partial charge on any atom is -0.448 e. The summed E-state index contributed by atoms with van der Waals surface area (Å²) in [6.45, 7) is 2.16. The Kier molecular flexibility index (Phi) is 3.39. The van der Waals surface area contributed by atoms with Crippen molar-refractivity contribution in [1.82, 2.24) is 19.7 Å². The van der Waals surface area contributed by atoms with Crippen molar-refractivity contribution in [2.75, 3.05) is 0 Å². The molecule has 0 unspecified atom stereocenters. The Hall–Kier alpha value is -3.74. The third-order valence-corrected chi connectivity index (χ3v) is 4.43. The predicted molar refractivity (Wildman–Crippen MR) is 99.3 cm³/mol. The monoisotopic (exact) mass is 358 g/mol. The van der Waals surface area contributed by atoms with Crippen molar-refractivity contribution in [2.24, 2.45) is 0 Å². The fourth-order valence-electron chi connectivity index (χ4n) is 3.01. The van der Waals surface area contributed by atoms with Crippen molar-refractivity contribution >= 4 is 22.1 Å². The first kappa shape index (κ1) is 15.5. The molecule has 7 nitrogen and oxygen atoms in total. The van der Waals surface area contributed by atoms with Gasteiger partial charge in [-0.1, -0.05) is 35.0 Å². The second-order valence-corrected chi connectivity index (χ2v) is 6.34. The SMILES string of the molecule is Cc1ccc(-c2nc(Cn3cnc4c(oc5ccccc54)c3=O)no2)cc1. The Morgan fingerprint density at radius 1 is 1.07 bits per heavy atom. The highest BCUT2D eigenvalue weighted by Crippen LogP contribution is 2.24. The van der Waals surface area contributed by atoms with E-state index in [1.807, 2.05) is 55.5 Å². The maximum atomic E-state index is 12.8. The largest absolute Gasteiger partial charge is 0.448 e. The summed E-state index contributed by atoms with van der Waals surface area (Å²) in [4.78, 5) is 21.5. The van der Waals surface area contributed by atoms with E-state index in [0.717, 1.165) is 16.5 Å². The van der Waals surface area contributed by atoms with E-state index in [4.69, 9.17) is 8.94 Å². The van der Waals surface area contributed by atoms with E-state index in [2.05, 4.69) is 15.1 Å². The normalized spacial score (nSPS) is 11.4. The van der Waals surface area contributed by atoms with Crippen molar-refractivity contribution < 1.29 is 8.94 Å². The summed E-state index contributed by atoms with van der Waals surface area (Å²) in [5.74, 6) is 0.806. The van der Waals surface area contributed by atoms with Gasteiger partial charge in [-0.05, 0) is 31.2 Å². The van der Waals surface area contributed by atoms with Gasteiger partial charge in [-0.25, -0.2) is 4.98 Å². The van der Waals surface area contributed by atoms with Gasteiger partial charge in [0.05, 0.1) is 12.9 Å². The van der Waals surface area contributed by atoms with Crippen LogP contribution in [-0.2, 0) is 6.54 Å².